The van der Waals surface area contributed by atoms with Gasteiger partial charge < -0.3 is 4.42 Å². The van der Waals surface area contributed by atoms with E-state index in [1.54, 1.807) is 0 Å². The first-order chi connectivity index (χ1) is 4.84. The maximum atomic E-state index is 4.99. The third-order valence-corrected chi connectivity index (χ3v) is 1.11. The molecule has 2 nitrogen and oxygen atoms in total. The predicted octanol–water partition coefficient (Wildman–Crippen LogP) is 0.442. The van der Waals surface area contributed by atoms with E-state index in [1.165, 1.54) is 6.39 Å². The fourth-order valence-electron chi connectivity index (χ4n) is 0.597. The molecule has 10 heavy (non-hydrogen) atoms. The van der Waals surface area contributed by atoms with Crippen LogP contribution in [0.2, 0.25) is 0 Å². The van der Waals surface area contributed by atoms with E-state index < -0.39 is 0 Å². The lowest BCUT2D eigenvalue weighted by molar-refractivity contribution is 0.525. The SMILES string of the molecule is C=c1nco/c1=C/C=C\C. The molecule has 52 valence electrons. The highest BCUT2D eigenvalue weighted by atomic mass is 16.3. The van der Waals surface area contributed by atoms with Crippen LogP contribution in [0, 0.1) is 0 Å². The van der Waals surface area contributed by atoms with Crippen LogP contribution in [0.5, 0.6) is 0 Å². The summed E-state index contributed by atoms with van der Waals surface area (Å²) in [5.41, 5.74) is 0.720. The van der Waals surface area contributed by atoms with Crippen LogP contribution >= 0.6 is 0 Å². The standard InChI is InChI=1S/C8H9NO/c1-3-4-5-8-7(2)9-6-10-8/h3-6H,2H2,1H3/b4-3-,8-5+. The number of rotatable bonds is 1. The molecule has 0 aliphatic heterocycles. The Morgan fingerprint density at radius 1 is 1.70 bits per heavy atom. The Morgan fingerprint density at radius 3 is 3.00 bits per heavy atom. The molecule has 0 saturated carbocycles. The number of nitrogens with zero attached hydrogens (tertiary/aromatic N) is 1. The van der Waals surface area contributed by atoms with Gasteiger partial charge in [0.05, 0.1) is 0 Å². The zero-order chi connectivity index (χ0) is 7.40. The lowest BCUT2D eigenvalue weighted by Gasteiger charge is -1.69. The summed E-state index contributed by atoms with van der Waals surface area (Å²) < 4.78 is 4.99. The molecule has 0 unspecified atom stereocenters. The van der Waals surface area contributed by atoms with E-state index in [4.69, 9.17) is 4.42 Å². The third kappa shape index (κ3) is 1.35. The zero-order valence-electron chi connectivity index (χ0n) is 5.87. The number of hydrogen-bond donors (Lipinski definition) is 0. The monoisotopic (exact) mass is 135 g/mol. The summed E-state index contributed by atoms with van der Waals surface area (Å²) in [6, 6.07) is 0. The lowest BCUT2D eigenvalue weighted by Crippen LogP contribution is -2.19. The summed E-state index contributed by atoms with van der Waals surface area (Å²) >= 11 is 0. The van der Waals surface area contributed by atoms with Crippen molar-refractivity contribution in [2.45, 2.75) is 6.92 Å². The molecule has 2 heteroatoms. The minimum absolute atomic E-state index is 0.679. The van der Waals surface area contributed by atoms with E-state index in [0.717, 1.165) is 5.42 Å². The van der Waals surface area contributed by atoms with E-state index in [1.807, 2.05) is 25.2 Å². The second kappa shape index (κ2) is 3.01. The minimum atomic E-state index is 0.679. The minimum Gasteiger partial charge on any atom is -0.444 e. The molecule has 1 aromatic heterocycles. The van der Waals surface area contributed by atoms with Crippen LogP contribution in [0.4, 0.5) is 0 Å². The Hall–Kier alpha value is -1.31. The molecule has 0 fully saturated rings. The second-order valence-corrected chi connectivity index (χ2v) is 1.86. The van der Waals surface area contributed by atoms with Crippen molar-refractivity contribution in [3.8, 4) is 0 Å². The second-order valence-electron chi connectivity index (χ2n) is 1.86. The number of oxazole rings is 1. The largest absolute Gasteiger partial charge is 0.444 e. The van der Waals surface area contributed by atoms with Gasteiger partial charge in [0, 0.05) is 0 Å². The van der Waals surface area contributed by atoms with Crippen molar-refractivity contribution < 1.29 is 4.42 Å². The average Bonchev–Trinajstić information content (AvgIpc) is 2.31. The van der Waals surface area contributed by atoms with Crippen LogP contribution in [0.15, 0.2) is 23.0 Å². The first-order valence-corrected chi connectivity index (χ1v) is 3.06. The summed E-state index contributed by atoms with van der Waals surface area (Å²) in [5, 5.41) is 0.679. The molecule has 0 N–H and O–H groups in total. The van der Waals surface area contributed by atoms with Crippen molar-refractivity contribution >= 4 is 12.7 Å². The molecule has 0 aliphatic carbocycles. The fraction of sp³-hybridized carbons (Fsp3) is 0.125. The molecule has 0 bridgehead atoms. The van der Waals surface area contributed by atoms with Crippen molar-refractivity contribution in [3.63, 3.8) is 0 Å². The van der Waals surface area contributed by atoms with Crippen LogP contribution in [0.25, 0.3) is 12.7 Å². The van der Waals surface area contributed by atoms with Gasteiger partial charge in [-0.05, 0) is 13.0 Å². The first-order valence-electron chi connectivity index (χ1n) is 3.06. The summed E-state index contributed by atoms with van der Waals surface area (Å²) in [5.74, 6) is 0. The van der Waals surface area contributed by atoms with Crippen molar-refractivity contribution in [2.75, 3.05) is 0 Å². The Labute approximate surface area is 59.2 Å². The smallest absolute Gasteiger partial charge is 0.181 e. The van der Waals surface area contributed by atoms with Gasteiger partial charge >= 0.3 is 0 Å². The van der Waals surface area contributed by atoms with Crippen LogP contribution in [-0.4, -0.2) is 4.98 Å². The Kier molecular flexibility index (Phi) is 2.05. The van der Waals surface area contributed by atoms with E-state index in [0.29, 0.717) is 5.35 Å². The van der Waals surface area contributed by atoms with Crippen molar-refractivity contribution in [1.29, 1.82) is 0 Å². The van der Waals surface area contributed by atoms with Gasteiger partial charge in [0.1, 0.15) is 5.35 Å². The van der Waals surface area contributed by atoms with Crippen LogP contribution in [-0.2, 0) is 0 Å². The Balaban J connectivity index is 3.16. The zero-order valence-corrected chi connectivity index (χ0v) is 5.87. The van der Waals surface area contributed by atoms with Crippen molar-refractivity contribution in [2.24, 2.45) is 0 Å². The van der Waals surface area contributed by atoms with Gasteiger partial charge in [-0.2, -0.15) is 0 Å². The summed E-state index contributed by atoms with van der Waals surface area (Å²) in [7, 11) is 0. The van der Waals surface area contributed by atoms with Crippen molar-refractivity contribution in [1.82, 2.24) is 4.98 Å². The van der Waals surface area contributed by atoms with Gasteiger partial charge in [-0.3, -0.25) is 0 Å². The Bertz CT molecular complexity index is 321. The maximum absolute atomic E-state index is 4.99. The van der Waals surface area contributed by atoms with Gasteiger partial charge in [-0.1, -0.05) is 18.7 Å². The molecular weight excluding hydrogens is 126 g/mol. The topological polar surface area (TPSA) is 26.0 Å². The van der Waals surface area contributed by atoms with Gasteiger partial charge in [0.2, 0.25) is 0 Å². The molecule has 0 radical (unpaired) electrons. The lowest BCUT2D eigenvalue weighted by atomic mass is 10.4. The number of allylic oxidation sites excluding steroid dienone is 2. The summed E-state index contributed by atoms with van der Waals surface area (Å²) in [6.45, 7) is 5.60. The average molecular weight is 135 g/mol. The highest BCUT2D eigenvalue weighted by Gasteiger charge is 1.81. The van der Waals surface area contributed by atoms with Gasteiger partial charge in [-0.25, -0.2) is 4.98 Å². The third-order valence-electron chi connectivity index (χ3n) is 1.11. The first kappa shape index (κ1) is 6.81. The van der Waals surface area contributed by atoms with E-state index in [-0.39, 0.29) is 0 Å². The molecule has 0 atom stereocenters. The molecule has 1 rings (SSSR count). The predicted molar refractivity (Wildman–Crippen MR) is 40.6 cm³/mol. The van der Waals surface area contributed by atoms with E-state index >= 15 is 0 Å². The number of hydrogen-bond acceptors (Lipinski definition) is 2. The molecule has 0 saturated heterocycles. The maximum Gasteiger partial charge on any atom is 0.181 e. The quantitative estimate of drug-likeness (QED) is 0.558. The molecule has 0 aliphatic rings. The molecule has 1 heterocycles. The van der Waals surface area contributed by atoms with Gasteiger partial charge in [0.25, 0.3) is 0 Å². The number of aromatic nitrogens is 1. The molecular formula is C8H9NO. The van der Waals surface area contributed by atoms with Crippen LogP contribution in [0.1, 0.15) is 6.92 Å². The van der Waals surface area contributed by atoms with Gasteiger partial charge in [-0.15, -0.1) is 0 Å². The normalized spacial score (nSPS) is 13.1. The summed E-state index contributed by atoms with van der Waals surface area (Å²) in [4.78, 5) is 3.83. The highest BCUT2D eigenvalue weighted by Crippen LogP contribution is 1.70. The van der Waals surface area contributed by atoms with Crippen LogP contribution in [0.3, 0.4) is 0 Å². The highest BCUT2D eigenvalue weighted by molar-refractivity contribution is 5.32. The molecule has 0 aromatic carbocycles. The van der Waals surface area contributed by atoms with E-state index in [9.17, 15) is 0 Å². The Morgan fingerprint density at radius 2 is 2.50 bits per heavy atom. The molecule has 0 spiro atoms. The van der Waals surface area contributed by atoms with E-state index in [2.05, 4.69) is 11.6 Å². The van der Waals surface area contributed by atoms with Gasteiger partial charge in [0.15, 0.2) is 11.8 Å². The molecule has 0 amide bonds. The summed E-state index contributed by atoms with van der Waals surface area (Å²) in [6.07, 6.45) is 7.02. The fourth-order valence-corrected chi connectivity index (χ4v) is 0.597. The van der Waals surface area contributed by atoms with Crippen LogP contribution < -0.4 is 10.8 Å². The molecule has 1 aromatic rings. The van der Waals surface area contributed by atoms with Crippen molar-refractivity contribution in [3.05, 3.63) is 29.3 Å².